The van der Waals surface area contributed by atoms with Crippen molar-refractivity contribution in [2.75, 3.05) is 0 Å². The Morgan fingerprint density at radius 2 is 2.17 bits per heavy atom. The number of aromatic amines is 2. The van der Waals surface area contributed by atoms with Gasteiger partial charge in [0.05, 0.1) is 11.9 Å². The number of nitrogens with zero attached hydrogens (tertiary/aromatic N) is 2. The van der Waals surface area contributed by atoms with Crippen LogP contribution in [-0.4, -0.2) is 27.3 Å². The molecule has 0 saturated heterocycles. The van der Waals surface area contributed by atoms with Crippen LogP contribution in [0.5, 0.6) is 0 Å². The molecular weight excluding hydrogens is 290 g/mol. The number of benzene rings is 1. The summed E-state index contributed by atoms with van der Waals surface area (Å²) in [6.45, 7) is 3.90. The van der Waals surface area contributed by atoms with E-state index in [4.69, 9.17) is 0 Å². The van der Waals surface area contributed by atoms with E-state index in [1.165, 1.54) is 0 Å². The summed E-state index contributed by atoms with van der Waals surface area (Å²) in [6, 6.07) is 7.96. The van der Waals surface area contributed by atoms with Crippen LogP contribution in [0.15, 0.2) is 35.6 Å². The number of hydrazone groups is 1. The third-order valence-electron chi connectivity index (χ3n) is 3.90. The minimum absolute atomic E-state index is 0.110. The zero-order valence-corrected chi connectivity index (χ0v) is 13.2. The molecule has 3 rings (SSSR count). The lowest BCUT2D eigenvalue weighted by Gasteiger charge is -2.01. The minimum atomic E-state index is -0.110. The first-order valence-corrected chi connectivity index (χ1v) is 7.53. The summed E-state index contributed by atoms with van der Waals surface area (Å²) < 4.78 is 0. The van der Waals surface area contributed by atoms with Crippen molar-refractivity contribution in [2.24, 2.45) is 5.10 Å². The van der Waals surface area contributed by atoms with Crippen molar-refractivity contribution < 1.29 is 4.79 Å². The Kier molecular flexibility index (Phi) is 4.23. The summed E-state index contributed by atoms with van der Waals surface area (Å²) >= 11 is 0. The van der Waals surface area contributed by atoms with E-state index in [1.54, 1.807) is 6.21 Å². The zero-order valence-electron chi connectivity index (χ0n) is 13.2. The van der Waals surface area contributed by atoms with Crippen LogP contribution < -0.4 is 5.43 Å². The molecule has 0 aliphatic heterocycles. The Hall–Kier alpha value is -2.89. The number of carbonyl (C=O) groups excluding carboxylic acids is 1. The molecule has 0 aliphatic carbocycles. The second-order valence-corrected chi connectivity index (χ2v) is 5.50. The van der Waals surface area contributed by atoms with Crippen molar-refractivity contribution in [1.82, 2.24) is 20.6 Å². The number of aryl methyl sites for hydroxylation is 2. The number of amides is 1. The molecule has 1 aromatic carbocycles. The molecule has 0 bridgehead atoms. The number of H-pyrrole nitrogens is 2. The topological polar surface area (TPSA) is 85.9 Å². The van der Waals surface area contributed by atoms with Crippen molar-refractivity contribution in [3.8, 4) is 0 Å². The molecule has 1 amide bonds. The predicted octanol–water partition coefficient (Wildman–Crippen LogP) is 2.59. The van der Waals surface area contributed by atoms with E-state index in [1.807, 2.05) is 44.3 Å². The van der Waals surface area contributed by atoms with Crippen LogP contribution in [0.4, 0.5) is 0 Å². The molecule has 0 unspecified atom stereocenters. The SMILES string of the molecule is Cc1n[nH]c(C)c1CCC(=O)NN=Cc1c[nH]c2ccccc12. The molecule has 0 aliphatic rings. The second kappa shape index (κ2) is 6.48. The fourth-order valence-corrected chi connectivity index (χ4v) is 2.61. The van der Waals surface area contributed by atoms with E-state index in [9.17, 15) is 4.79 Å². The summed E-state index contributed by atoms with van der Waals surface area (Å²) in [7, 11) is 0. The molecule has 0 spiro atoms. The lowest BCUT2D eigenvalue weighted by molar-refractivity contribution is -0.121. The third-order valence-corrected chi connectivity index (χ3v) is 3.90. The van der Waals surface area contributed by atoms with Gasteiger partial charge in [-0.15, -0.1) is 0 Å². The van der Waals surface area contributed by atoms with Gasteiger partial charge in [0.25, 0.3) is 0 Å². The first kappa shape index (κ1) is 15.0. The van der Waals surface area contributed by atoms with Crippen LogP contribution in [-0.2, 0) is 11.2 Å². The molecule has 3 aromatic rings. The Morgan fingerprint density at radius 1 is 1.35 bits per heavy atom. The van der Waals surface area contributed by atoms with Crippen molar-refractivity contribution in [1.29, 1.82) is 0 Å². The van der Waals surface area contributed by atoms with E-state index in [0.29, 0.717) is 12.8 Å². The van der Waals surface area contributed by atoms with Gasteiger partial charge in [0.15, 0.2) is 0 Å². The fraction of sp³-hybridized carbons (Fsp3) is 0.235. The van der Waals surface area contributed by atoms with Crippen LogP contribution in [0.1, 0.15) is 28.9 Å². The maximum Gasteiger partial charge on any atom is 0.240 e. The lowest BCUT2D eigenvalue weighted by atomic mass is 10.1. The first-order chi connectivity index (χ1) is 11.1. The molecule has 118 valence electrons. The average Bonchev–Trinajstić information content (AvgIpc) is 3.10. The standard InChI is InChI=1S/C17H19N5O/c1-11-14(12(2)21-20-11)7-8-17(23)22-19-10-13-9-18-16-6-4-3-5-15(13)16/h3-6,9-10,18H,7-8H2,1-2H3,(H,20,21)(H,22,23). The molecule has 6 heteroatoms. The van der Waals surface area contributed by atoms with Gasteiger partial charge >= 0.3 is 0 Å². The molecule has 23 heavy (non-hydrogen) atoms. The average molecular weight is 309 g/mol. The number of nitrogens with one attached hydrogen (secondary N) is 3. The smallest absolute Gasteiger partial charge is 0.240 e. The summed E-state index contributed by atoms with van der Waals surface area (Å²) in [6.07, 6.45) is 4.57. The molecule has 2 aromatic heterocycles. The van der Waals surface area contributed by atoms with Gasteiger partial charge in [0.2, 0.25) is 5.91 Å². The number of hydrogen-bond donors (Lipinski definition) is 3. The summed E-state index contributed by atoms with van der Waals surface area (Å²) in [5.41, 5.74) is 7.62. The Morgan fingerprint density at radius 3 is 2.96 bits per heavy atom. The van der Waals surface area contributed by atoms with Crippen molar-refractivity contribution in [3.63, 3.8) is 0 Å². The van der Waals surface area contributed by atoms with Crippen molar-refractivity contribution in [3.05, 3.63) is 53.0 Å². The van der Waals surface area contributed by atoms with Gasteiger partial charge in [-0.25, -0.2) is 5.43 Å². The van der Waals surface area contributed by atoms with Crippen molar-refractivity contribution in [2.45, 2.75) is 26.7 Å². The Bertz CT molecular complexity index is 839. The van der Waals surface area contributed by atoms with Crippen LogP contribution in [0.25, 0.3) is 10.9 Å². The summed E-state index contributed by atoms with van der Waals surface area (Å²) in [5.74, 6) is -0.110. The lowest BCUT2D eigenvalue weighted by Crippen LogP contribution is -2.18. The van der Waals surface area contributed by atoms with Gasteiger partial charge in [-0.05, 0) is 31.9 Å². The van der Waals surface area contributed by atoms with Crippen LogP contribution in [0.2, 0.25) is 0 Å². The quantitative estimate of drug-likeness (QED) is 0.500. The molecular formula is C17H19N5O. The number of rotatable bonds is 5. The molecule has 3 N–H and O–H groups in total. The minimum Gasteiger partial charge on any atom is -0.361 e. The first-order valence-electron chi connectivity index (χ1n) is 7.53. The highest BCUT2D eigenvalue weighted by Gasteiger charge is 2.08. The Balaban J connectivity index is 1.56. The van der Waals surface area contributed by atoms with Crippen molar-refractivity contribution >= 4 is 23.0 Å². The summed E-state index contributed by atoms with van der Waals surface area (Å²) in [4.78, 5) is 15.1. The maximum atomic E-state index is 11.9. The van der Waals surface area contributed by atoms with E-state index in [2.05, 4.69) is 25.7 Å². The van der Waals surface area contributed by atoms with E-state index in [0.717, 1.165) is 33.4 Å². The zero-order chi connectivity index (χ0) is 16.2. The molecule has 0 atom stereocenters. The molecule has 0 saturated carbocycles. The van der Waals surface area contributed by atoms with Gasteiger partial charge < -0.3 is 4.98 Å². The third kappa shape index (κ3) is 3.31. The van der Waals surface area contributed by atoms with Gasteiger partial charge in [-0.1, -0.05) is 18.2 Å². The Labute approximate surface area is 134 Å². The molecule has 0 radical (unpaired) electrons. The fourth-order valence-electron chi connectivity index (χ4n) is 2.61. The van der Waals surface area contributed by atoms with E-state index in [-0.39, 0.29) is 5.91 Å². The number of para-hydroxylation sites is 1. The molecule has 6 nitrogen and oxygen atoms in total. The van der Waals surface area contributed by atoms with Crippen LogP contribution in [0, 0.1) is 13.8 Å². The monoisotopic (exact) mass is 309 g/mol. The normalized spacial score (nSPS) is 11.4. The maximum absolute atomic E-state index is 11.9. The largest absolute Gasteiger partial charge is 0.361 e. The molecule has 2 heterocycles. The van der Waals surface area contributed by atoms with Gasteiger partial charge in [0.1, 0.15) is 0 Å². The molecule has 0 fully saturated rings. The second-order valence-electron chi connectivity index (χ2n) is 5.50. The van der Waals surface area contributed by atoms with Gasteiger partial charge in [-0.3, -0.25) is 9.89 Å². The van der Waals surface area contributed by atoms with E-state index < -0.39 is 0 Å². The highest BCUT2D eigenvalue weighted by atomic mass is 16.2. The highest BCUT2D eigenvalue weighted by Crippen LogP contribution is 2.15. The van der Waals surface area contributed by atoms with E-state index >= 15 is 0 Å². The van der Waals surface area contributed by atoms with Gasteiger partial charge in [-0.2, -0.15) is 10.2 Å². The number of hydrogen-bond acceptors (Lipinski definition) is 3. The number of fused-ring (bicyclic) bond motifs is 1. The predicted molar refractivity (Wildman–Crippen MR) is 90.4 cm³/mol. The van der Waals surface area contributed by atoms with Crippen LogP contribution in [0.3, 0.4) is 0 Å². The number of carbonyl (C=O) groups is 1. The number of aromatic nitrogens is 3. The highest BCUT2D eigenvalue weighted by molar-refractivity contribution is 5.99. The summed E-state index contributed by atoms with van der Waals surface area (Å²) in [5, 5.41) is 12.2. The van der Waals surface area contributed by atoms with Crippen LogP contribution >= 0.6 is 0 Å². The van der Waals surface area contributed by atoms with Gasteiger partial charge in [0, 0.05) is 34.8 Å².